The van der Waals surface area contributed by atoms with Crippen LogP contribution in [0.25, 0.3) is 10.9 Å². The van der Waals surface area contributed by atoms with E-state index in [2.05, 4.69) is 44.9 Å². The predicted octanol–water partition coefficient (Wildman–Crippen LogP) is 4.40. The fourth-order valence-electron chi connectivity index (χ4n) is 3.56. The second-order valence-electron chi connectivity index (χ2n) is 5.38. The van der Waals surface area contributed by atoms with Crippen molar-refractivity contribution in [2.75, 3.05) is 0 Å². The van der Waals surface area contributed by atoms with Crippen molar-refractivity contribution in [1.29, 1.82) is 0 Å². The summed E-state index contributed by atoms with van der Waals surface area (Å²) in [7, 11) is 0. The highest BCUT2D eigenvalue weighted by Crippen LogP contribution is 2.47. The minimum atomic E-state index is 0.699. The lowest BCUT2D eigenvalue weighted by atomic mass is 9.91. The van der Waals surface area contributed by atoms with Gasteiger partial charge in [-0.1, -0.05) is 13.8 Å². The molecule has 1 aliphatic carbocycles. The van der Waals surface area contributed by atoms with Gasteiger partial charge < -0.3 is 4.98 Å². The first-order valence-corrected chi connectivity index (χ1v) is 6.21. The number of aromatic amines is 1. The van der Waals surface area contributed by atoms with Gasteiger partial charge in [-0.2, -0.15) is 0 Å². The zero-order valence-corrected chi connectivity index (χ0v) is 10.5. The first-order chi connectivity index (χ1) is 7.61. The zero-order chi connectivity index (χ0) is 11.4. The number of fused-ring (bicyclic) bond motifs is 3. The Kier molecular flexibility index (Phi) is 1.95. The van der Waals surface area contributed by atoms with E-state index in [-0.39, 0.29) is 0 Å². The zero-order valence-electron chi connectivity index (χ0n) is 10.5. The molecule has 2 aromatic rings. The summed E-state index contributed by atoms with van der Waals surface area (Å²) >= 11 is 0. The maximum atomic E-state index is 3.44. The van der Waals surface area contributed by atoms with Crippen molar-refractivity contribution >= 4 is 10.9 Å². The van der Waals surface area contributed by atoms with Crippen LogP contribution in [0.2, 0.25) is 0 Å². The number of H-pyrrole nitrogens is 1. The Bertz CT molecular complexity index is 562. The van der Waals surface area contributed by atoms with E-state index >= 15 is 0 Å². The molecule has 1 N–H and O–H groups in total. The van der Waals surface area contributed by atoms with Gasteiger partial charge in [-0.25, -0.2) is 0 Å². The molecule has 16 heavy (non-hydrogen) atoms. The number of benzene rings is 1. The molecule has 84 valence electrons. The number of hydrogen-bond acceptors (Lipinski definition) is 0. The highest BCUT2D eigenvalue weighted by molar-refractivity contribution is 5.89. The van der Waals surface area contributed by atoms with Gasteiger partial charge >= 0.3 is 0 Å². The van der Waals surface area contributed by atoms with Crippen molar-refractivity contribution in [1.82, 2.24) is 4.98 Å². The van der Waals surface area contributed by atoms with Crippen LogP contribution >= 0.6 is 0 Å². The Labute approximate surface area is 96.9 Å². The topological polar surface area (TPSA) is 15.8 Å². The van der Waals surface area contributed by atoms with Gasteiger partial charge in [0, 0.05) is 17.1 Å². The Balaban J connectivity index is 2.49. The monoisotopic (exact) mass is 213 g/mol. The largest absolute Gasteiger partial charge is 0.361 e. The Hall–Kier alpha value is -1.24. The number of nitrogens with one attached hydrogen (secondary N) is 1. The number of aromatic nitrogens is 1. The van der Waals surface area contributed by atoms with Gasteiger partial charge in [-0.3, -0.25) is 0 Å². The Morgan fingerprint density at radius 1 is 1.06 bits per heavy atom. The summed E-state index contributed by atoms with van der Waals surface area (Å²) in [6, 6.07) is 2.22. The van der Waals surface area contributed by atoms with Gasteiger partial charge in [0.05, 0.1) is 0 Å². The van der Waals surface area contributed by atoms with Gasteiger partial charge in [-0.05, 0) is 60.4 Å². The summed E-state index contributed by atoms with van der Waals surface area (Å²) in [4.78, 5) is 3.44. The van der Waals surface area contributed by atoms with E-state index in [0.717, 1.165) is 5.92 Å². The Morgan fingerprint density at radius 2 is 1.75 bits per heavy atom. The lowest BCUT2D eigenvalue weighted by Crippen LogP contribution is -1.96. The summed E-state index contributed by atoms with van der Waals surface area (Å²) in [5.74, 6) is 1.42. The summed E-state index contributed by atoms with van der Waals surface area (Å²) in [6.45, 7) is 9.26. The first-order valence-electron chi connectivity index (χ1n) is 6.21. The van der Waals surface area contributed by atoms with Crippen LogP contribution in [0, 0.1) is 13.8 Å². The van der Waals surface area contributed by atoms with Crippen molar-refractivity contribution in [3.63, 3.8) is 0 Å². The number of rotatable bonds is 0. The van der Waals surface area contributed by atoms with E-state index in [4.69, 9.17) is 0 Å². The molecule has 0 amide bonds. The molecule has 1 aliphatic rings. The molecule has 1 aromatic carbocycles. The molecular formula is C15H19N. The summed E-state index contributed by atoms with van der Waals surface area (Å²) < 4.78 is 0. The minimum absolute atomic E-state index is 0.699. The minimum Gasteiger partial charge on any atom is -0.361 e. The highest BCUT2D eigenvalue weighted by atomic mass is 14.7. The van der Waals surface area contributed by atoms with E-state index < -0.39 is 0 Å². The molecular weight excluding hydrogens is 194 g/mol. The van der Waals surface area contributed by atoms with E-state index in [1.165, 1.54) is 28.5 Å². The van der Waals surface area contributed by atoms with Gasteiger partial charge in [0.1, 0.15) is 0 Å². The SMILES string of the molecule is Cc1c2c(c3[nH]ccc3c1C)[C@H](C)C[C@H]2C. The van der Waals surface area contributed by atoms with Gasteiger partial charge in [0.25, 0.3) is 0 Å². The molecule has 0 aliphatic heterocycles. The van der Waals surface area contributed by atoms with Crippen LogP contribution in [0.1, 0.15) is 54.4 Å². The predicted molar refractivity (Wildman–Crippen MR) is 69.2 cm³/mol. The van der Waals surface area contributed by atoms with Crippen LogP contribution in [0.3, 0.4) is 0 Å². The van der Waals surface area contributed by atoms with E-state index in [0.29, 0.717) is 5.92 Å². The third-order valence-electron chi connectivity index (χ3n) is 4.37. The van der Waals surface area contributed by atoms with Gasteiger partial charge in [-0.15, -0.1) is 0 Å². The maximum absolute atomic E-state index is 3.44. The molecule has 1 aromatic heterocycles. The fraction of sp³-hybridized carbons (Fsp3) is 0.467. The molecule has 1 heterocycles. The van der Waals surface area contributed by atoms with Crippen LogP contribution in [-0.4, -0.2) is 4.98 Å². The third-order valence-corrected chi connectivity index (χ3v) is 4.37. The quantitative estimate of drug-likeness (QED) is 0.667. The van der Waals surface area contributed by atoms with Crippen molar-refractivity contribution in [3.05, 3.63) is 34.5 Å². The average molecular weight is 213 g/mol. The van der Waals surface area contributed by atoms with Crippen LogP contribution in [0.4, 0.5) is 0 Å². The third kappa shape index (κ3) is 1.06. The molecule has 0 radical (unpaired) electrons. The van der Waals surface area contributed by atoms with Crippen LogP contribution in [-0.2, 0) is 0 Å². The maximum Gasteiger partial charge on any atom is 0.0494 e. The molecule has 0 bridgehead atoms. The molecule has 1 nitrogen and oxygen atoms in total. The van der Waals surface area contributed by atoms with Gasteiger partial charge in [0.15, 0.2) is 0 Å². The van der Waals surface area contributed by atoms with E-state index in [9.17, 15) is 0 Å². The van der Waals surface area contributed by atoms with Gasteiger partial charge in [0.2, 0.25) is 0 Å². The highest BCUT2D eigenvalue weighted by Gasteiger charge is 2.30. The lowest BCUT2D eigenvalue weighted by molar-refractivity contribution is 0.661. The molecule has 1 heteroatoms. The molecule has 0 saturated carbocycles. The first kappa shape index (κ1) is 9.95. The lowest BCUT2D eigenvalue weighted by Gasteiger charge is -2.14. The Morgan fingerprint density at radius 3 is 2.50 bits per heavy atom. The average Bonchev–Trinajstić information content (AvgIpc) is 2.79. The van der Waals surface area contributed by atoms with Crippen molar-refractivity contribution in [3.8, 4) is 0 Å². The standard InChI is InChI=1S/C15H19N/c1-8-7-9(2)14-13(8)11(4)10(3)12-5-6-16-15(12)14/h5-6,8-9,16H,7H2,1-4H3/t8-,9-/m1/s1. The molecule has 0 unspecified atom stereocenters. The number of hydrogen-bond donors (Lipinski definition) is 1. The summed E-state index contributed by atoms with van der Waals surface area (Å²) in [6.07, 6.45) is 3.38. The second kappa shape index (κ2) is 3.13. The second-order valence-corrected chi connectivity index (χ2v) is 5.38. The molecule has 3 rings (SSSR count). The van der Waals surface area contributed by atoms with Crippen LogP contribution in [0.15, 0.2) is 12.3 Å². The molecule has 0 saturated heterocycles. The normalized spacial score (nSPS) is 24.0. The number of aryl methyl sites for hydroxylation is 1. The van der Waals surface area contributed by atoms with Crippen LogP contribution < -0.4 is 0 Å². The van der Waals surface area contributed by atoms with Crippen molar-refractivity contribution < 1.29 is 0 Å². The molecule has 0 spiro atoms. The van der Waals surface area contributed by atoms with E-state index in [1.54, 1.807) is 11.1 Å². The molecule has 2 atom stereocenters. The fourth-order valence-corrected chi connectivity index (χ4v) is 3.56. The van der Waals surface area contributed by atoms with Crippen molar-refractivity contribution in [2.45, 2.75) is 46.0 Å². The van der Waals surface area contributed by atoms with Crippen LogP contribution in [0.5, 0.6) is 0 Å². The molecule has 0 fully saturated rings. The summed E-state index contributed by atoms with van der Waals surface area (Å²) in [5.41, 5.74) is 7.54. The smallest absolute Gasteiger partial charge is 0.0494 e. The van der Waals surface area contributed by atoms with Crippen molar-refractivity contribution in [2.24, 2.45) is 0 Å². The summed E-state index contributed by atoms with van der Waals surface area (Å²) in [5, 5.41) is 1.41. The van der Waals surface area contributed by atoms with E-state index in [1.807, 2.05) is 0 Å².